The first-order valence-electron chi connectivity index (χ1n) is 8.92. The molecule has 1 aliphatic rings. The lowest BCUT2D eigenvalue weighted by Crippen LogP contribution is -2.25. The Morgan fingerprint density at radius 3 is 2.36 bits per heavy atom. The molecule has 0 aromatic heterocycles. The van der Waals surface area contributed by atoms with Crippen LogP contribution >= 0.6 is 0 Å². The second kappa shape index (κ2) is 8.29. The molecule has 1 fully saturated rings. The van der Waals surface area contributed by atoms with Gasteiger partial charge in [-0.1, -0.05) is 12.1 Å². The van der Waals surface area contributed by atoms with Gasteiger partial charge in [0, 0.05) is 25.1 Å². The van der Waals surface area contributed by atoms with E-state index in [1.807, 2.05) is 0 Å². The number of carbonyl (C=O) groups excluding carboxylic acids is 3. The van der Waals surface area contributed by atoms with Crippen molar-refractivity contribution in [2.24, 2.45) is 0 Å². The van der Waals surface area contributed by atoms with Gasteiger partial charge in [0.05, 0.1) is 5.56 Å². The van der Waals surface area contributed by atoms with Crippen LogP contribution in [-0.2, 0) is 16.1 Å². The Bertz CT molecular complexity index is 911. The minimum absolute atomic E-state index is 0.0789. The van der Waals surface area contributed by atoms with Gasteiger partial charge in [-0.3, -0.25) is 9.59 Å². The van der Waals surface area contributed by atoms with E-state index in [1.165, 1.54) is 6.92 Å². The van der Waals surface area contributed by atoms with Gasteiger partial charge in [0.1, 0.15) is 0 Å². The molecule has 1 saturated heterocycles. The van der Waals surface area contributed by atoms with Gasteiger partial charge < -0.3 is 9.64 Å². The van der Waals surface area contributed by atoms with Crippen LogP contribution in [0, 0.1) is 11.6 Å². The predicted molar refractivity (Wildman–Crippen MR) is 96.7 cm³/mol. The van der Waals surface area contributed by atoms with E-state index >= 15 is 0 Å². The number of carbonyl (C=O) groups is 3. The maximum Gasteiger partial charge on any atom is 0.338 e. The minimum atomic E-state index is -1.15. The molecule has 146 valence electrons. The van der Waals surface area contributed by atoms with Crippen molar-refractivity contribution in [2.75, 3.05) is 6.54 Å². The molecule has 0 spiro atoms. The van der Waals surface area contributed by atoms with Gasteiger partial charge in [-0.05, 0) is 49.2 Å². The first kappa shape index (κ1) is 19.7. The van der Waals surface area contributed by atoms with Gasteiger partial charge in [-0.15, -0.1) is 0 Å². The smallest absolute Gasteiger partial charge is 0.338 e. The molecule has 0 unspecified atom stereocenters. The Balaban J connectivity index is 1.61. The van der Waals surface area contributed by atoms with E-state index in [0.717, 1.165) is 36.7 Å². The molecule has 0 aliphatic carbocycles. The molecule has 7 heteroatoms. The number of halogens is 2. The van der Waals surface area contributed by atoms with E-state index < -0.39 is 29.5 Å². The molecule has 0 N–H and O–H groups in total. The zero-order valence-corrected chi connectivity index (χ0v) is 15.3. The van der Waals surface area contributed by atoms with Crippen LogP contribution in [-0.4, -0.2) is 35.2 Å². The lowest BCUT2D eigenvalue weighted by molar-refractivity contribution is -0.128. The number of hydrogen-bond acceptors (Lipinski definition) is 4. The third kappa shape index (κ3) is 4.42. The maximum atomic E-state index is 13.3. The summed E-state index contributed by atoms with van der Waals surface area (Å²) in [4.78, 5) is 37.9. The summed E-state index contributed by atoms with van der Waals surface area (Å²) in [5.41, 5.74) is 1.06. The molecule has 3 rings (SSSR count). The van der Waals surface area contributed by atoms with E-state index in [1.54, 1.807) is 29.2 Å². The number of rotatable bonds is 6. The van der Waals surface area contributed by atoms with Gasteiger partial charge in [-0.25, -0.2) is 13.6 Å². The number of ether oxygens (including phenoxy) is 1. The molecule has 2 aromatic rings. The van der Waals surface area contributed by atoms with Crippen molar-refractivity contribution in [1.82, 2.24) is 4.90 Å². The first-order valence-corrected chi connectivity index (χ1v) is 8.92. The van der Waals surface area contributed by atoms with Gasteiger partial charge in [0.25, 0.3) is 0 Å². The number of amides is 1. The summed E-state index contributed by atoms with van der Waals surface area (Å²) < 4.78 is 31.4. The van der Waals surface area contributed by atoms with Gasteiger partial charge in [-0.2, -0.15) is 0 Å². The van der Waals surface area contributed by atoms with E-state index in [9.17, 15) is 23.2 Å². The van der Waals surface area contributed by atoms with Crippen LogP contribution in [0.25, 0.3) is 0 Å². The van der Waals surface area contributed by atoms with E-state index in [4.69, 9.17) is 4.74 Å². The highest BCUT2D eigenvalue weighted by molar-refractivity contribution is 6.01. The number of esters is 1. The fraction of sp³-hybridized carbons (Fsp3) is 0.286. The molecule has 0 saturated carbocycles. The molecule has 5 nitrogen and oxygen atoms in total. The molecule has 2 aromatic carbocycles. The molecule has 0 bridgehead atoms. The zero-order chi connectivity index (χ0) is 20.3. The second-order valence-corrected chi connectivity index (χ2v) is 6.66. The summed E-state index contributed by atoms with van der Waals surface area (Å²) in [5, 5.41) is 0. The molecular formula is C21H19F2NO4. The van der Waals surface area contributed by atoms with E-state index in [-0.39, 0.29) is 17.0 Å². The van der Waals surface area contributed by atoms with Crippen LogP contribution in [0.1, 0.15) is 46.0 Å². The standard InChI is InChI=1S/C21H19F2NO4/c1-13(20(26)16-8-9-17(22)18(23)11-16)28-21(27)15-6-4-14(5-7-15)12-24-10-2-3-19(24)25/h4-9,11,13H,2-3,10,12H2,1H3/t13-/m1/s1. The number of nitrogens with zero attached hydrogens (tertiary/aromatic N) is 1. The fourth-order valence-corrected chi connectivity index (χ4v) is 3.00. The summed E-state index contributed by atoms with van der Waals surface area (Å²) in [6, 6.07) is 9.34. The number of benzene rings is 2. The van der Waals surface area contributed by atoms with Crippen molar-refractivity contribution >= 4 is 17.7 Å². The monoisotopic (exact) mass is 387 g/mol. The van der Waals surface area contributed by atoms with E-state index in [0.29, 0.717) is 13.0 Å². The Hall–Kier alpha value is -3.09. The Labute approximate surface area is 160 Å². The molecule has 1 aliphatic heterocycles. The Morgan fingerprint density at radius 1 is 1.07 bits per heavy atom. The lowest BCUT2D eigenvalue weighted by atomic mass is 10.1. The average Bonchev–Trinajstić information content (AvgIpc) is 3.08. The molecule has 28 heavy (non-hydrogen) atoms. The van der Waals surface area contributed by atoms with Crippen LogP contribution in [0.3, 0.4) is 0 Å². The third-order valence-electron chi connectivity index (χ3n) is 4.59. The Kier molecular flexibility index (Phi) is 5.82. The van der Waals surface area contributed by atoms with E-state index in [2.05, 4.69) is 0 Å². The molecule has 0 radical (unpaired) electrons. The summed E-state index contributed by atoms with van der Waals surface area (Å²) in [5.74, 6) is -3.41. The molecule has 1 heterocycles. The Morgan fingerprint density at radius 2 is 1.75 bits per heavy atom. The number of Topliss-reactive ketones (excluding diaryl/α,β-unsaturated/α-hetero) is 1. The summed E-state index contributed by atoms with van der Waals surface area (Å²) >= 11 is 0. The zero-order valence-electron chi connectivity index (χ0n) is 15.3. The second-order valence-electron chi connectivity index (χ2n) is 6.66. The highest BCUT2D eigenvalue weighted by atomic mass is 19.2. The molecular weight excluding hydrogens is 368 g/mol. The molecule has 1 amide bonds. The average molecular weight is 387 g/mol. The van der Waals surface area contributed by atoms with Crippen molar-refractivity contribution in [3.63, 3.8) is 0 Å². The van der Waals surface area contributed by atoms with Gasteiger partial charge in [0.15, 0.2) is 17.7 Å². The quantitative estimate of drug-likeness (QED) is 0.562. The highest BCUT2D eigenvalue weighted by Crippen LogP contribution is 2.16. The third-order valence-corrected chi connectivity index (χ3v) is 4.59. The normalized spacial score (nSPS) is 14.8. The lowest BCUT2D eigenvalue weighted by Gasteiger charge is -2.16. The van der Waals surface area contributed by atoms with Crippen LogP contribution in [0.4, 0.5) is 8.78 Å². The summed E-state index contributed by atoms with van der Waals surface area (Å²) in [6.45, 7) is 2.58. The number of ketones is 1. The topological polar surface area (TPSA) is 63.7 Å². The maximum absolute atomic E-state index is 13.3. The van der Waals surface area contributed by atoms with Crippen molar-refractivity contribution in [1.29, 1.82) is 0 Å². The SMILES string of the molecule is C[C@@H](OC(=O)c1ccc(CN2CCCC2=O)cc1)C(=O)c1ccc(F)c(F)c1. The number of likely N-dealkylation sites (tertiary alicyclic amines) is 1. The fourth-order valence-electron chi connectivity index (χ4n) is 3.00. The van der Waals surface area contributed by atoms with Crippen molar-refractivity contribution in [3.05, 3.63) is 70.8 Å². The first-order chi connectivity index (χ1) is 13.3. The van der Waals surface area contributed by atoms with Crippen LogP contribution in [0.2, 0.25) is 0 Å². The summed E-state index contributed by atoms with van der Waals surface area (Å²) in [6.07, 6.45) is 0.265. The predicted octanol–water partition coefficient (Wildman–Crippen LogP) is 3.52. The van der Waals surface area contributed by atoms with Crippen LogP contribution in [0.5, 0.6) is 0 Å². The van der Waals surface area contributed by atoms with Crippen molar-refractivity contribution in [3.8, 4) is 0 Å². The van der Waals surface area contributed by atoms with Crippen molar-refractivity contribution in [2.45, 2.75) is 32.4 Å². The largest absolute Gasteiger partial charge is 0.451 e. The minimum Gasteiger partial charge on any atom is -0.451 e. The van der Waals surface area contributed by atoms with Gasteiger partial charge in [0.2, 0.25) is 11.7 Å². The summed E-state index contributed by atoms with van der Waals surface area (Å²) in [7, 11) is 0. The highest BCUT2D eigenvalue weighted by Gasteiger charge is 2.22. The van der Waals surface area contributed by atoms with Crippen molar-refractivity contribution < 1.29 is 27.9 Å². The van der Waals surface area contributed by atoms with Crippen LogP contribution in [0.15, 0.2) is 42.5 Å². The number of hydrogen-bond donors (Lipinski definition) is 0. The van der Waals surface area contributed by atoms with Crippen LogP contribution < -0.4 is 0 Å². The molecule has 1 atom stereocenters. The van der Waals surface area contributed by atoms with Gasteiger partial charge >= 0.3 is 5.97 Å².